The molecular weight excluding hydrogens is 112 g/mol. The van der Waals surface area contributed by atoms with Crippen molar-refractivity contribution in [1.82, 2.24) is 10.9 Å². The minimum Gasteiger partial charge on any atom is -0.261 e. The number of hydrogen-bond donors (Lipinski definition) is 2. The molecule has 2 N–H and O–H groups in total. The van der Waals surface area contributed by atoms with Crippen LogP contribution in [0.3, 0.4) is 0 Å². The van der Waals surface area contributed by atoms with Gasteiger partial charge in [-0.1, -0.05) is 25.5 Å². The first-order valence-corrected chi connectivity index (χ1v) is 3.46. The van der Waals surface area contributed by atoms with Crippen molar-refractivity contribution in [3.05, 3.63) is 12.2 Å². The summed E-state index contributed by atoms with van der Waals surface area (Å²) in [7, 11) is 1.87. The first kappa shape index (κ1) is 8.66. The van der Waals surface area contributed by atoms with Crippen LogP contribution in [0, 0.1) is 0 Å². The van der Waals surface area contributed by atoms with E-state index in [1.165, 1.54) is 12.8 Å². The van der Waals surface area contributed by atoms with E-state index >= 15 is 0 Å². The van der Waals surface area contributed by atoms with E-state index in [2.05, 4.69) is 29.9 Å². The lowest BCUT2D eigenvalue weighted by Crippen LogP contribution is -2.27. The maximum atomic E-state index is 2.97. The first-order valence-electron chi connectivity index (χ1n) is 3.46. The van der Waals surface area contributed by atoms with Gasteiger partial charge in [-0.2, -0.15) is 0 Å². The predicted octanol–water partition coefficient (Wildman–Crippen LogP) is 1.07. The Labute approximate surface area is 57.3 Å². The largest absolute Gasteiger partial charge is 0.261 e. The second-order valence-corrected chi connectivity index (χ2v) is 1.89. The Kier molecular flexibility index (Phi) is 7.37. The number of hydrogen-bond acceptors (Lipinski definition) is 2. The maximum Gasteiger partial charge on any atom is 0.0280 e. The molecule has 0 aliphatic carbocycles. The van der Waals surface area contributed by atoms with Crippen LogP contribution in [-0.4, -0.2) is 13.6 Å². The molecule has 2 nitrogen and oxygen atoms in total. The molecule has 0 aromatic carbocycles. The molecule has 54 valence electrons. The highest BCUT2D eigenvalue weighted by molar-refractivity contribution is 4.82. The zero-order valence-corrected chi connectivity index (χ0v) is 6.28. The van der Waals surface area contributed by atoms with Crippen molar-refractivity contribution in [2.45, 2.75) is 19.8 Å². The molecule has 0 bridgehead atoms. The van der Waals surface area contributed by atoms with Crippen LogP contribution in [0.1, 0.15) is 19.8 Å². The molecule has 0 atom stereocenters. The van der Waals surface area contributed by atoms with E-state index in [1.54, 1.807) is 0 Å². The molecule has 0 aliphatic rings. The molecule has 0 aromatic rings. The lowest BCUT2D eigenvalue weighted by molar-refractivity contribution is 0.645. The van der Waals surface area contributed by atoms with Gasteiger partial charge in [0, 0.05) is 6.54 Å². The SMILES string of the molecule is CCCC=CCNNC. The van der Waals surface area contributed by atoms with Crippen molar-refractivity contribution < 1.29 is 0 Å². The van der Waals surface area contributed by atoms with Gasteiger partial charge in [0.05, 0.1) is 0 Å². The fraction of sp³-hybridized carbons (Fsp3) is 0.714. The van der Waals surface area contributed by atoms with Crippen LogP contribution in [0.25, 0.3) is 0 Å². The molecule has 0 aliphatic heterocycles. The normalized spacial score (nSPS) is 10.9. The smallest absolute Gasteiger partial charge is 0.0280 e. The number of hydrazine groups is 1. The third-order valence-electron chi connectivity index (χ3n) is 1.02. The average molecular weight is 128 g/mol. The summed E-state index contributed by atoms with van der Waals surface area (Å²) in [6, 6.07) is 0. The molecule has 0 heterocycles. The van der Waals surface area contributed by atoms with Gasteiger partial charge in [0.25, 0.3) is 0 Å². The highest BCUT2D eigenvalue weighted by Crippen LogP contribution is 1.85. The monoisotopic (exact) mass is 128 g/mol. The van der Waals surface area contributed by atoms with E-state index in [0.29, 0.717) is 0 Å². The Hall–Kier alpha value is -0.340. The summed E-state index contributed by atoms with van der Waals surface area (Å²) >= 11 is 0. The van der Waals surface area contributed by atoms with Gasteiger partial charge in [-0.15, -0.1) is 0 Å². The number of rotatable bonds is 5. The van der Waals surface area contributed by atoms with Gasteiger partial charge >= 0.3 is 0 Å². The Balaban J connectivity index is 2.86. The Morgan fingerprint density at radius 2 is 2.11 bits per heavy atom. The molecule has 0 amide bonds. The summed E-state index contributed by atoms with van der Waals surface area (Å²) in [6.07, 6.45) is 6.73. The van der Waals surface area contributed by atoms with E-state index in [1.807, 2.05) is 7.05 Å². The van der Waals surface area contributed by atoms with E-state index in [9.17, 15) is 0 Å². The fourth-order valence-electron chi connectivity index (χ4n) is 0.529. The summed E-state index contributed by atoms with van der Waals surface area (Å²) in [5, 5.41) is 0. The van der Waals surface area contributed by atoms with Crippen molar-refractivity contribution in [3.63, 3.8) is 0 Å². The third kappa shape index (κ3) is 7.66. The molecule has 0 unspecified atom stereocenters. The van der Waals surface area contributed by atoms with E-state index in [0.717, 1.165) is 6.54 Å². The fourth-order valence-corrected chi connectivity index (χ4v) is 0.529. The highest BCUT2D eigenvalue weighted by Gasteiger charge is 1.73. The summed E-state index contributed by atoms with van der Waals surface area (Å²) < 4.78 is 0. The van der Waals surface area contributed by atoms with Crippen LogP contribution in [0.5, 0.6) is 0 Å². The molecule has 0 saturated carbocycles. The van der Waals surface area contributed by atoms with Gasteiger partial charge in [-0.3, -0.25) is 10.9 Å². The second kappa shape index (κ2) is 7.66. The quantitative estimate of drug-likeness (QED) is 0.329. The zero-order chi connectivity index (χ0) is 6.95. The Bertz CT molecular complexity index is 69.3. The van der Waals surface area contributed by atoms with E-state index < -0.39 is 0 Å². The van der Waals surface area contributed by atoms with Gasteiger partial charge in [-0.05, 0) is 13.5 Å². The van der Waals surface area contributed by atoms with Crippen LogP contribution in [-0.2, 0) is 0 Å². The standard InChI is InChI=1S/C7H16N2/c1-3-4-5-6-7-9-8-2/h5-6,8-9H,3-4,7H2,1-2H3. The molecule has 2 heteroatoms. The molecule has 0 radical (unpaired) electrons. The maximum absolute atomic E-state index is 2.97. The van der Waals surface area contributed by atoms with Crippen LogP contribution in [0.15, 0.2) is 12.2 Å². The molecule has 0 fully saturated rings. The number of unbranched alkanes of at least 4 members (excludes halogenated alkanes) is 1. The molecule has 0 rings (SSSR count). The summed E-state index contributed by atoms with van der Waals surface area (Å²) in [6.45, 7) is 3.09. The Morgan fingerprint density at radius 3 is 2.67 bits per heavy atom. The third-order valence-corrected chi connectivity index (χ3v) is 1.02. The number of nitrogens with one attached hydrogen (secondary N) is 2. The molecule has 9 heavy (non-hydrogen) atoms. The van der Waals surface area contributed by atoms with Crippen LogP contribution >= 0.6 is 0 Å². The number of allylic oxidation sites excluding steroid dienone is 1. The zero-order valence-electron chi connectivity index (χ0n) is 6.28. The second-order valence-electron chi connectivity index (χ2n) is 1.89. The molecule has 0 spiro atoms. The van der Waals surface area contributed by atoms with Gasteiger partial charge in [-0.25, -0.2) is 0 Å². The molecular formula is C7H16N2. The van der Waals surface area contributed by atoms with Crippen molar-refractivity contribution >= 4 is 0 Å². The summed E-state index contributed by atoms with van der Waals surface area (Å²) in [5.41, 5.74) is 5.81. The van der Waals surface area contributed by atoms with Crippen LogP contribution in [0.2, 0.25) is 0 Å². The van der Waals surface area contributed by atoms with Crippen LogP contribution in [0.4, 0.5) is 0 Å². The summed E-state index contributed by atoms with van der Waals surface area (Å²) in [5.74, 6) is 0. The van der Waals surface area contributed by atoms with Gasteiger partial charge in [0.2, 0.25) is 0 Å². The lowest BCUT2D eigenvalue weighted by atomic mass is 10.3. The minimum absolute atomic E-state index is 0.913. The van der Waals surface area contributed by atoms with E-state index in [-0.39, 0.29) is 0 Å². The molecule has 0 aromatic heterocycles. The van der Waals surface area contributed by atoms with Crippen LogP contribution < -0.4 is 10.9 Å². The first-order chi connectivity index (χ1) is 4.41. The summed E-state index contributed by atoms with van der Waals surface area (Å²) in [4.78, 5) is 0. The van der Waals surface area contributed by atoms with Gasteiger partial charge in [0.1, 0.15) is 0 Å². The van der Waals surface area contributed by atoms with Gasteiger partial charge < -0.3 is 0 Å². The lowest BCUT2D eigenvalue weighted by Gasteiger charge is -1.93. The van der Waals surface area contributed by atoms with E-state index in [4.69, 9.17) is 0 Å². The van der Waals surface area contributed by atoms with Crippen molar-refractivity contribution in [2.24, 2.45) is 0 Å². The highest BCUT2D eigenvalue weighted by atomic mass is 15.3. The van der Waals surface area contributed by atoms with Crippen molar-refractivity contribution in [3.8, 4) is 0 Å². The Morgan fingerprint density at radius 1 is 1.33 bits per heavy atom. The van der Waals surface area contributed by atoms with Gasteiger partial charge in [0.15, 0.2) is 0 Å². The average Bonchev–Trinajstić information content (AvgIpc) is 1.89. The van der Waals surface area contributed by atoms with Crippen molar-refractivity contribution in [2.75, 3.05) is 13.6 Å². The predicted molar refractivity (Wildman–Crippen MR) is 41.1 cm³/mol. The van der Waals surface area contributed by atoms with Crippen molar-refractivity contribution in [1.29, 1.82) is 0 Å². The minimum atomic E-state index is 0.913. The molecule has 0 saturated heterocycles. The topological polar surface area (TPSA) is 24.1 Å².